The Morgan fingerprint density at radius 2 is 1.63 bits per heavy atom. The normalized spacial score (nSPS) is 22.1. The smallest absolute Gasteiger partial charge is 0.267 e. The molecular weight excluding hydrogens is 462 g/mol. The number of amidine groups is 2. The lowest BCUT2D eigenvalue weighted by Gasteiger charge is -2.37. The largest absolute Gasteiger partial charge is 0.291 e. The summed E-state index contributed by atoms with van der Waals surface area (Å²) in [5.74, 6) is 2.71. The molecule has 0 radical (unpaired) electrons. The lowest BCUT2D eigenvalue weighted by molar-refractivity contribution is -0.558. The van der Waals surface area contributed by atoms with Crippen LogP contribution in [0.3, 0.4) is 0 Å². The highest BCUT2D eigenvalue weighted by atomic mass is 15.3. The molecule has 1 aliphatic carbocycles. The predicted molar refractivity (Wildman–Crippen MR) is 164 cm³/mol. The van der Waals surface area contributed by atoms with Crippen molar-refractivity contribution in [2.24, 2.45) is 5.92 Å². The fourth-order valence-corrected chi connectivity index (χ4v) is 8.16. The van der Waals surface area contributed by atoms with Crippen LogP contribution in [-0.2, 0) is 11.8 Å². The van der Waals surface area contributed by atoms with Gasteiger partial charge < -0.3 is 0 Å². The summed E-state index contributed by atoms with van der Waals surface area (Å²) in [6.07, 6.45) is 6.86. The van der Waals surface area contributed by atoms with Gasteiger partial charge >= 0.3 is 0 Å². The van der Waals surface area contributed by atoms with E-state index in [4.69, 9.17) is 12.0 Å². The molecule has 1 aliphatic heterocycles. The number of rotatable bonds is 9. The van der Waals surface area contributed by atoms with Gasteiger partial charge in [0, 0.05) is 6.92 Å². The number of likely N-dealkylation sites (N-methyl/N-ethyl adjacent to an activating group) is 1. The third-order valence-electron chi connectivity index (χ3n) is 9.66. The molecule has 2 aromatic carbocycles. The highest BCUT2D eigenvalue weighted by molar-refractivity contribution is 6.23. The molecule has 0 saturated heterocycles. The first-order chi connectivity index (χ1) is 18.1. The van der Waals surface area contributed by atoms with Crippen molar-refractivity contribution in [1.29, 1.82) is 5.41 Å². The summed E-state index contributed by atoms with van der Waals surface area (Å²) in [6, 6.07) is 13.8. The van der Waals surface area contributed by atoms with Gasteiger partial charge in [0.2, 0.25) is 0 Å². The number of anilines is 1. The zero-order chi connectivity index (χ0) is 28.0. The van der Waals surface area contributed by atoms with Gasteiger partial charge in [0.25, 0.3) is 5.84 Å². The van der Waals surface area contributed by atoms with E-state index >= 15 is 0 Å². The van der Waals surface area contributed by atoms with Crippen LogP contribution in [0, 0.1) is 18.3 Å². The Hall–Kier alpha value is -2.68. The molecule has 1 saturated carbocycles. The lowest BCUT2D eigenvalue weighted by atomic mass is 9.72. The monoisotopic (exact) mass is 512 g/mol. The maximum absolute atomic E-state index is 9.02. The Morgan fingerprint density at radius 3 is 2.11 bits per heavy atom. The molecule has 1 fully saturated rings. The van der Waals surface area contributed by atoms with Crippen LogP contribution in [0.25, 0.3) is 0 Å². The van der Waals surface area contributed by atoms with E-state index in [1.165, 1.54) is 59.1 Å². The van der Waals surface area contributed by atoms with E-state index in [9.17, 15) is 0 Å². The summed E-state index contributed by atoms with van der Waals surface area (Å²) < 4.78 is 2.49. The van der Waals surface area contributed by atoms with E-state index in [-0.39, 0.29) is 11.0 Å². The molecule has 0 spiro atoms. The van der Waals surface area contributed by atoms with Gasteiger partial charge in [0.05, 0.1) is 18.0 Å². The molecule has 0 amide bonds. The summed E-state index contributed by atoms with van der Waals surface area (Å²) in [5, 5.41) is 9.02. The van der Waals surface area contributed by atoms with Crippen LogP contribution in [0.15, 0.2) is 48.6 Å². The second-order valence-corrected chi connectivity index (χ2v) is 12.0. The standard InChI is InChI=1S/C35H50N3/c1-11-15-28(16-12-2)29-17-19-30(20-18-29)38(26(9)36)33-31-22-24(7)21-27(13-3)32(31)35(23(5)6)25(8)34(35,14-4)37(33)10/h17-23,28,36H,8,11-16H2,1-7,9-10H3/q+1. The summed E-state index contributed by atoms with van der Waals surface area (Å²) in [5.41, 5.74) is 9.05. The molecule has 3 nitrogen and oxygen atoms in total. The minimum Gasteiger partial charge on any atom is -0.267 e. The summed E-state index contributed by atoms with van der Waals surface area (Å²) in [4.78, 5) is 2.18. The fraction of sp³-hybridized carbons (Fsp3) is 0.543. The molecule has 3 heteroatoms. The Bertz CT molecular complexity index is 1260. The van der Waals surface area contributed by atoms with Crippen molar-refractivity contribution in [1.82, 2.24) is 0 Å². The van der Waals surface area contributed by atoms with Crippen molar-refractivity contribution in [3.63, 3.8) is 0 Å². The molecule has 1 heterocycles. The first-order valence-corrected chi connectivity index (χ1v) is 15.0. The Balaban J connectivity index is 1.97. The molecular formula is C35H50N3+. The van der Waals surface area contributed by atoms with E-state index < -0.39 is 0 Å². The molecule has 38 heavy (non-hydrogen) atoms. The fourth-order valence-electron chi connectivity index (χ4n) is 8.16. The van der Waals surface area contributed by atoms with Gasteiger partial charge in [0.1, 0.15) is 11.2 Å². The molecule has 1 N–H and O–H groups in total. The number of hydrogen-bond acceptors (Lipinski definition) is 1. The van der Waals surface area contributed by atoms with Gasteiger partial charge in [-0.1, -0.05) is 79.2 Å². The van der Waals surface area contributed by atoms with Crippen LogP contribution in [0.1, 0.15) is 114 Å². The molecule has 0 bridgehead atoms. The summed E-state index contributed by atoms with van der Waals surface area (Å²) in [7, 11) is 2.24. The zero-order valence-corrected chi connectivity index (χ0v) is 25.5. The third kappa shape index (κ3) is 3.83. The number of benzene rings is 2. The predicted octanol–water partition coefficient (Wildman–Crippen LogP) is 8.76. The van der Waals surface area contributed by atoms with Crippen molar-refractivity contribution >= 4 is 17.4 Å². The minimum atomic E-state index is -0.135. The van der Waals surface area contributed by atoms with Gasteiger partial charge in [-0.3, -0.25) is 9.98 Å². The van der Waals surface area contributed by atoms with Crippen molar-refractivity contribution in [3.8, 4) is 0 Å². The highest BCUT2D eigenvalue weighted by Crippen LogP contribution is 2.71. The van der Waals surface area contributed by atoms with Crippen molar-refractivity contribution < 1.29 is 4.58 Å². The number of nitrogens with one attached hydrogen (secondary N) is 1. The summed E-state index contributed by atoms with van der Waals surface area (Å²) in [6.45, 7) is 22.8. The molecule has 4 rings (SSSR count). The van der Waals surface area contributed by atoms with Crippen molar-refractivity contribution in [2.75, 3.05) is 11.9 Å². The van der Waals surface area contributed by atoms with Crippen molar-refractivity contribution in [2.45, 2.75) is 111 Å². The van der Waals surface area contributed by atoms with E-state index in [1.807, 2.05) is 6.92 Å². The lowest BCUT2D eigenvalue weighted by Crippen LogP contribution is -2.52. The quantitative estimate of drug-likeness (QED) is 0.155. The number of fused-ring (bicyclic) bond motifs is 3. The minimum absolute atomic E-state index is 0.0621. The van der Waals surface area contributed by atoms with Crippen LogP contribution in [0.2, 0.25) is 0 Å². The Kier molecular flexibility index (Phi) is 7.81. The molecule has 0 aromatic heterocycles. The van der Waals surface area contributed by atoms with Crippen molar-refractivity contribution in [3.05, 3.63) is 76.4 Å². The van der Waals surface area contributed by atoms with Crippen LogP contribution in [0.4, 0.5) is 5.69 Å². The number of aryl methyl sites for hydroxylation is 2. The van der Waals surface area contributed by atoms with Crippen LogP contribution < -0.4 is 4.90 Å². The van der Waals surface area contributed by atoms with E-state index in [0.29, 0.717) is 17.7 Å². The molecule has 2 unspecified atom stereocenters. The van der Waals surface area contributed by atoms with Crippen LogP contribution in [0.5, 0.6) is 0 Å². The van der Waals surface area contributed by atoms with Gasteiger partial charge in [-0.05, 0) is 90.5 Å². The first-order valence-electron chi connectivity index (χ1n) is 15.0. The van der Waals surface area contributed by atoms with Gasteiger partial charge in [-0.25, -0.2) is 0 Å². The van der Waals surface area contributed by atoms with E-state index in [0.717, 1.165) is 24.4 Å². The molecule has 2 atom stereocenters. The van der Waals surface area contributed by atoms with Crippen LogP contribution in [-0.4, -0.2) is 28.8 Å². The Morgan fingerprint density at radius 1 is 1.03 bits per heavy atom. The van der Waals surface area contributed by atoms with E-state index in [1.54, 1.807) is 0 Å². The van der Waals surface area contributed by atoms with Gasteiger partial charge in [0.15, 0.2) is 5.84 Å². The van der Waals surface area contributed by atoms with Gasteiger partial charge in [-0.2, -0.15) is 4.90 Å². The zero-order valence-electron chi connectivity index (χ0n) is 25.5. The number of hydrogen-bond donors (Lipinski definition) is 1. The second-order valence-electron chi connectivity index (χ2n) is 12.0. The Labute approximate surface area is 232 Å². The average Bonchev–Trinajstić information content (AvgIpc) is 3.46. The third-order valence-corrected chi connectivity index (χ3v) is 9.66. The highest BCUT2D eigenvalue weighted by Gasteiger charge is 2.80. The SMILES string of the molecule is C=C1C2(C(C)C)c3c(CC)cc(C)cc3C(N(C(C)=N)c3ccc(C(CCC)CCC)cc3)=[N+](C)C12CC. The maximum Gasteiger partial charge on any atom is 0.291 e. The average molecular weight is 513 g/mol. The number of nitrogens with zero attached hydrogens (tertiary/aromatic N) is 2. The van der Waals surface area contributed by atoms with Gasteiger partial charge in [-0.15, -0.1) is 0 Å². The molecule has 2 aliphatic rings. The topological polar surface area (TPSA) is 30.1 Å². The first kappa shape index (κ1) is 28.3. The maximum atomic E-state index is 9.02. The molecule has 2 aromatic rings. The van der Waals surface area contributed by atoms with E-state index in [2.05, 4.69) is 101 Å². The summed E-state index contributed by atoms with van der Waals surface area (Å²) >= 11 is 0. The second kappa shape index (κ2) is 10.5. The molecule has 204 valence electrons. The van der Waals surface area contributed by atoms with Crippen LogP contribution >= 0.6 is 0 Å².